The van der Waals surface area contributed by atoms with Gasteiger partial charge in [-0.05, 0) is 25.7 Å². The summed E-state index contributed by atoms with van der Waals surface area (Å²) < 4.78 is 0. The van der Waals surface area contributed by atoms with Gasteiger partial charge in [0.1, 0.15) is 0 Å². The third-order valence-corrected chi connectivity index (χ3v) is 3.33. The smallest absolute Gasteiger partial charge is 0.223 e. The van der Waals surface area contributed by atoms with Gasteiger partial charge in [-0.1, -0.05) is 22.9 Å². The molecule has 2 unspecified atom stereocenters. The molecule has 0 aromatic rings. The van der Waals surface area contributed by atoms with Gasteiger partial charge in [-0.3, -0.25) is 4.79 Å². The topological polar surface area (TPSA) is 29.1 Å². The lowest BCUT2D eigenvalue weighted by Gasteiger charge is -2.14. The van der Waals surface area contributed by atoms with Gasteiger partial charge in [0.25, 0.3) is 0 Å². The fourth-order valence-corrected chi connectivity index (χ4v) is 1.39. The maximum absolute atomic E-state index is 11.5. The van der Waals surface area contributed by atoms with Crippen molar-refractivity contribution in [2.45, 2.75) is 32.7 Å². The van der Waals surface area contributed by atoms with Crippen LogP contribution in [-0.4, -0.2) is 17.3 Å². The van der Waals surface area contributed by atoms with Gasteiger partial charge in [0.2, 0.25) is 5.91 Å². The van der Waals surface area contributed by atoms with E-state index in [9.17, 15) is 4.79 Å². The zero-order chi connectivity index (χ0) is 9.14. The van der Waals surface area contributed by atoms with E-state index >= 15 is 0 Å². The number of rotatable bonds is 4. The SMILES string of the molecule is CC(CBr)NC(=O)C(C)C1CC1. The summed E-state index contributed by atoms with van der Waals surface area (Å²) in [7, 11) is 0. The minimum atomic E-state index is 0.212. The second kappa shape index (κ2) is 4.26. The van der Waals surface area contributed by atoms with Gasteiger partial charge < -0.3 is 5.32 Å². The number of carbonyl (C=O) groups is 1. The Hall–Kier alpha value is -0.0500. The molecule has 0 heterocycles. The lowest BCUT2D eigenvalue weighted by Crippen LogP contribution is -2.37. The fourth-order valence-electron chi connectivity index (χ4n) is 1.22. The number of carbonyl (C=O) groups excluding carboxylic acids is 1. The second-order valence-electron chi connectivity index (χ2n) is 3.69. The van der Waals surface area contributed by atoms with Crippen LogP contribution in [0.1, 0.15) is 26.7 Å². The van der Waals surface area contributed by atoms with Gasteiger partial charge in [-0.15, -0.1) is 0 Å². The lowest BCUT2D eigenvalue weighted by atomic mass is 10.1. The molecule has 1 amide bonds. The Balaban J connectivity index is 2.26. The summed E-state index contributed by atoms with van der Waals surface area (Å²) in [6, 6.07) is 0.249. The molecule has 12 heavy (non-hydrogen) atoms. The van der Waals surface area contributed by atoms with Crippen molar-refractivity contribution < 1.29 is 4.79 Å². The van der Waals surface area contributed by atoms with E-state index in [0.717, 1.165) is 5.33 Å². The Bertz CT molecular complexity index is 168. The molecule has 1 rings (SSSR count). The molecule has 1 saturated carbocycles. The molecule has 1 fully saturated rings. The third-order valence-electron chi connectivity index (χ3n) is 2.36. The van der Waals surface area contributed by atoms with E-state index in [1.54, 1.807) is 0 Å². The first-order chi connectivity index (χ1) is 5.65. The Morgan fingerprint density at radius 3 is 2.58 bits per heavy atom. The summed E-state index contributed by atoms with van der Waals surface area (Å²) in [5.41, 5.74) is 0. The Morgan fingerprint density at radius 1 is 1.58 bits per heavy atom. The lowest BCUT2D eigenvalue weighted by molar-refractivity contribution is -0.125. The number of hydrogen-bond acceptors (Lipinski definition) is 1. The minimum Gasteiger partial charge on any atom is -0.353 e. The van der Waals surface area contributed by atoms with Crippen LogP contribution in [0.25, 0.3) is 0 Å². The van der Waals surface area contributed by atoms with Gasteiger partial charge in [0, 0.05) is 17.3 Å². The summed E-state index contributed by atoms with van der Waals surface area (Å²) in [5, 5.41) is 3.79. The van der Waals surface area contributed by atoms with Crippen molar-refractivity contribution >= 4 is 21.8 Å². The first-order valence-corrected chi connectivity index (χ1v) is 5.63. The van der Waals surface area contributed by atoms with E-state index in [4.69, 9.17) is 0 Å². The zero-order valence-electron chi connectivity index (χ0n) is 7.64. The summed E-state index contributed by atoms with van der Waals surface area (Å²) >= 11 is 3.33. The minimum absolute atomic E-state index is 0.212. The number of halogens is 1. The van der Waals surface area contributed by atoms with Gasteiger partial charge in [-0.2, -0.15) is 0 Å². The number of nitrogens with one attached hydrogen (secondary N) is 1. The number of hydrogen-bond donors (Lipinski definition) is 1. The van der Waals surface area contributed by atoms with Crippen molar-refractivity contribution in [3.8, 4) is 0 Å². The molecule has 0 spiro atoms. The molecule has 0 radical (unpaired) electrons. The van der Waals surface area contributed by atoms with Crippen LogP contribution in [-0.2, 0) is 4.79 Å². The highest BCUT2D eigenvalue weighted by molar-refractivity contribution is 9.09. The molecule has 0 saturated heterocycles. The van der Waals surface area contributed by atoms with E-state index in [1.165, 1.54) is 12.8 Å². The molecule has 1 aliphatic carbocycles. The third kappa shape index (κ3) is 2.77. The van der Waals surface area contributed by atoms with Gasteiger partial charge >= 0.3 is 0 Å². The maximum Gasteiger partial charge on any atom is 0.223 e. The van der Waals surface area contributed by atoms with Crippen molar-refractivity contribution in [3.05, 3.63) is 0 Å². The van der Waals surface area contributed by atoms with Crippen molar-refractivity contribution in [1.29, 1.82) is 0 Å². The quantitative estimate of drug-likeness (QED) is 0.740. The number of alkyl halides is 1. The monoisotopic (exact) mass is 233 g/mol. The van der Waals surface area contributed by atoms with E-state index in [1.807, 2.05) is 13.8 Å². The van der Waals surface area contributed by atoms with E-state index in [0.29, 0.717) is 5.92 Å². The zero-order valence-corrected chi connectivity index (χ0v) is 9.23. The summed E-state index contributed by atoms with van der Waals surface area (Å²) in [4.78, 5) is 11.5. The van der Waals surface area contributed by atoms with Crippen molar-refractivity contribution in [2.24, 2.45) is 11.8 Å². The van der Waals surface area contributed by atoms with Crippen molar-refractivity contribution in [1.82, 2.24) is 5.32 Å². The number of amides is 1. The predicted octanol–water partition coefficient (Wildman–Crippen LogP) is 1.93. The van der Waals surface area contributed by atoms with E-state index < -0.39 is 0 Å². The highest BCUT2D eigenvalue weighted by Crippen LogP contribution is 2.36. The highest BCUT2D eigenvalue weighted by Gasteiger charge is 2.32. The predicted molar refractivity (Wildman–Crippen MR) is 53.3 cm³/mol. The van der Waals surface area contributed by atoms with Crippen molar-refractivity contribution in [3.63, 3.8) is 0 Å². The van der Waals surface area contributed by atoms with Crippen LogP contribution < -0.4 is 5.32 Å². The Kier molecular flexibility index (Phi) is 3.56. The average molecular weight is 234 g/mol. The molecule has 3 heteroatoms. The van der Waals surface area contributed by atoms with Crippen LogP contribution in [0, 0.1) is 11.8 Å². The average Bonchev–Trinajstić information content (AvgIpc) is 2.85. The molecule has 0 aromatic carbocycles. The Labute approximate surface area is 82.2 Å². The molecule has 2 nitrogen and oxygen atoms in total. The molecular formula is C9H16BrNO. The summed E-state index contributed by atoms with van der Waals surface area (Å²) in [6.07, 6.45) is 2.47. The molecule has 70 valence electrons. The molecule has 1 N–H and O–H groups in total. The molecule has 0 aliphatic heterocycles. The largest absolute Gasteiger partial charge is 0.353 e. The Morgan fingerprint density at radius 2 is 2.17 bits per heavy atom. The summed E-state index contributed by atoms with van der Waals surface area (Å²) in [5.74, 6) is 1.09. The van der Waals surface area contributed by atoms with E-state index in [2.05, 4.69) is 21.2 Å². The van der Waals surface area contributed by atoms with Crippen LogP contribution in [0.3, 0.4) is 0 Å². The first kappa shape index (κ1) is 10.0. The van der Waals surface area contributed by atoms with Gasteiger partial charge in [-0.25, -0.2) is 0 Å². The highest BCUT2D eigenvalue weighted by atomic mass is 79.9. The van der Waals surface area contributed by atoms with E-state index in [-0.39, 0.29) is 17.9 Å². The first-order valence-electron chi connectivity index (χ1n) is 4.51. The van der Waals surface area contributed by atoms with Crippen LogP contribution in [0.4, 0.5) is 0 Å². The molecule has 0 bridgehead atoms. The van der Waals surface area contributed by atoms with Crippen LogP contribution in [0.5, 0.6) is 0 Å². The second-order valence-corrected chi connectivity index (χ2v) is 4.34. The van der Waals surface area contributed by atoms with Gasteiger partial charge in [0.15, 0.2) is 0 Å². The van der Waals surface area contributed by atoms with Crippen molar-refractivity contribution in [2.75, 3.05) is 5.33 Å². The fraction of sp³-hybridized carbons (Fsp3) is 0.889. The molecule has 0 aromatic heterocycles. The normalized spacial score (nSPS) is 21.6. The molecule has 2 atom stereocenters. The van der Waals surface area contributed by atoms with Crippen LogP contribution in [0.2, 0.25) is 0 Å². The summed E-state index contributed by atoms with van der Waals surface area (Å²) in [6.45, 7) is 4.03. The molecular weight excluding hydrogens is 218 g/mol. The van der Waals surface area contributed by atoms with Crippen LogP contribution in [0.15, 0.2) is 0 Å². The standard InChI is InChI=1S/C9H16BrNO/c1-6(5-10)11-9(12)7(2)8-3-4-8/h6-8H,3-5H2,1-2H3,(H,11,12). The van der Waals surface area contributed by atoms with Gasteiger partial charge in [0.05, 0.1) is 0 Å². The van der Waals surface area contributed by atoms with Crippen LogP contribution >= 0.6 is 15.9 Å². The maximum atomic E-state index is 11.5. The molecule has 1 aliphatic rings.